The van der Waals surface area contributed by atoms with Gasteiger partial charge in [0.05, 0.1) is 26.4 Å². The van der Waals surface area contributed by atoms with Crippen LogP contribution in [0.4, 0.5) is 0 Å². The quantitative estimate of drug-likeness (QED) is 0.638. The van der Waals surface area contributed by atoms with E-state index in [0.717, 1.165) is 11.3 Å². The lowest BCUT2D eigenvalue weighted by Gasteiger charge is -2.20. The monoisotopic (exact) mass is 415 g/mol. The highest BCUT2D eigenvalue weighted by atomic mass is 35.5. The fraction of sp³-hybridized carbons (Fsp3) is 0.238. The molecule has 0 radical (unpaired) electrons. The standard InChI is InChI=1S/C21H22ClN3O4/c1-25-10-9-23-20(25)18(13-5-7-15(27-2)8-6-13)24-21(26)14-11-16(22)19(29-4)17(12-14)28-3/h5-12,18H,1-4H3,(H,24,26). The lowest BCUT2D eigenvalue weighted by atomic mass is 10.0. The molecule has 152 valence electrons. The van der Waals surface area contributed by atoms with Gasteiger partial charge in [0.25, 0.3) is 5.91 Å². The predicted molar refractivity (Wildman–Crippen MR) is 110 cm³/mol. The van der Waals surface area contributed by atoms with Gasteiger partial charge >= 0.3 is 0 Å². The zero-order chi connectivity index (χ0) is 21.0. The maximum Gasteiger partial charge on any atom is 0.252 e. The molecule has 0 bridgehead atoms. The van der Waals surface area contributed by atoms with Crippen molar-refractivity contribution in [2.75, 3.05) is 21.3 Å². The molecule has 1 unspecified atom stereocenters. The molecule has 0 aliphatic heterocycles. The molecule has 3 aromatic rings. The topological polar surface area (TPSA) is 74.6 Å². The van der Waals surface area contributed by atoms with Gasteiger partial charge in [-0.3, -0.25) is 4.79 Å². The summed E-state index contributed by atoms with van der Waals surface area (Å²) in [5.74, 6) is 1.85. The van der Waals surface area contributed by atoms with Crippen LogP contribution in [0.25, 0.3) is 0 Å². The van der Waals surface area contributed by atoms with E-state index in [1.54, 1.807) is 25.4 Å². The van der Waals surface area contributed by atoms with E-state index in [1.807, 2.05) is 42.1 Å². The molecule has 0 aliphatic carbocycles. The first-order valence-electron chi connectivity index (χ1n) is 8.82. The molecular weight excluding hydrogens is 394 g/mol. The van der Waals surface area contributed by atoms with Crippen LogP contribution in [0, 0.1) is 0 Å². The molecule has 0 fully saturated rings. The molecule has 1 aromatic heterocycles. The van der Waals surface area contributed by atoms with Gasteiger partial charge in [-0.15, -0.1) is 0 Å². The molecule has 1 heterocycles. The summed E-state index contributed by atoms with van der Waals surface area (Å²) in [4.78, 5) is 17.5. The van der Waals surface area contributed by atoms with Gasteiger partial charge in [0, 0.05) is 25.0 Å². The highest BCUT2D eigenvalue weighted by Gasteiger charge is 2.23. The van der Waals surface area contributed by atoms with Gasteiger partial charge < -0.3 is 24.1 Å². The number of rotatable bonds is 7. The lowest BCUT2D eigenvalue weighted by Crippen LogP contribution is -2.31. The SMILES string of the molecule is COc1ccc(C(NC(=O)c2cc(Cl)c(OC)c(OC)c2)c2nccn2C)cc1. The molecule has 0 aliphatic rings. The summed E-state index contributed by atoms with van der Waals surface area (Å²) in [5.41, 5.74) is 1.21. The zero-order valence-electron chi connectivity index (χ0n) is 16.6. The summed E-state index contributed by atoms with van der Waals surface area (Å²) in [7, 11) is 6.46. The molecule has 1 atom stereocenters. The molecular formula is C21H22ClN3O4. The maximum atomic E-state index is 13.1. The Bertz CT molecular complexity index is 1000. The molecule has 1 N–H and O–H groups in total. The number of hydrogen-bond donors (Lipinski definition) is 1. The van der Waals surface area contributed by atoms with E-state index in [2.05, 4.69) is 10.3 Å². The summed E-state index contributed by atoms with van der Waals surface area (Å²) < 4.78 is 17.6. The van der Waals surface area contributed by atoms with Crippen molar-refractivity contribution in [3.63, 3.8) is 0 Å². The van der Waals surface area contributed by atoms with Crippen molar-refractivity contribution in [3.8, 4) is 17.2 Å². The van der Waals surface area contributed by atoms with E-state index in [1.165, 1.54) is 14.2 Å². The number of halogens is 1. The maximum absolute atomic E-state index is 13.1. The van der Waals surface area contributed by atoms with E-state index in [-0.39, 0.29) is 10.9 Å². The largest absolute Gasteiger partial charge is 0.497 e. The Morgan fingerprint density at radius 1 is 1.10 bits per heavy atom. The van der Waals surface area contributed by atoms with E-state index in [0.29, 0.717) is 22.9 Å². The number of carbonyl (C=O) groups excluding carboxylic acids is 1. The molecule has 1 amide bonds. The first-order valence-corrected chi connectivity index (χ1v) is 9.19. The van der Waals surface area contributed by atoms with Crippen LogP contribution in [0.3, 0.4) is 0 Å². The molecule has 0 saturated heterocycles. The van der Waals surface area contributed by atoms with Gasteiger partial charge in [-0.25, -0.2) is 4.98 Å². The Hall–Kier alpha value is -3.19. The summed E-state index contributed by atoms with van der Waals surface area (Å²) in [5, 5.41) is 3.32. The number of methoxy groups -OCH3 is 3. The number of nitrogens with zero attached hydrogens (tertiary/aromatic N) is 2. The number of nitrogens with one attached hydrogen (secondary N) is 1. The molecule has 0 spiro atoms. The number of aromatic nitrogens is 2. The summed E-state index contributed by atoms with van der Waals surface area (Å²) in [6, 6.07) is 10.1. The second-order valence-corrected chi connectivity index (χ2v) is 6.68. The number of aryl methyl sites for hydroxylation is 1. The van der Waals surface area contributed by atoms with E-state index in [4.69, 9.17) is 25.8 Å². The predicted octanol–water partition coefficient (Wildman–Crippen LogP) is 3.62. The summed E-state index contributed by atoms with van der Waals surface area (Å²) in [6.07, 6.45) is 3.51. The molecule has 3 rings (SSSR count). The third-order valence-electron chi connectivity index (χ3n) is 4.54. The first-order chi connectivity index (χ1) is 14.0. The number of hydrogen-bond acceptors (Lipinski definition) is 5. The third kappa shape index (κ3) is 4.30. The average Bonchev–Trinajstić information content (AvgIpc) is 3.16. The van der Waals surface area contributed by atoms with Crippen molar-refractivity contribution in [3.05, 3.63) is 70.8 Å². The van der Waals surface area contributed by atoms with Gasteiger partial charge in [-0.1, -0.05) is 23.7 Å². The minimum atomic E-state index is -0.472. The molecule has 0 saturated carbocycles. The van der Waals surface area contributed by atoms with Crippen LogP contribution in [-0.2, 0) is 7.05 Å². The Balaban J connectivity index is 1.97. The highest BCUT2D eigenvalue weighted by Crippen LogP contribution is 2.36. The van der Waals surface area contributed by atoms with Crippen molar-refractivity contribution < 1.29 is 19.0 Å². The smallest absolute Gasteiger partial charge is 0.252 e. The van der Waals surface area contributed by atoms with Crippen molar-refractivity contribution in [2.45, 2.75) is 6.04 Å². The van der Waals surface area contributed by atoms with E-state index in [9.17, 15) is 4.79 Å². The van der Waals surface area contributed by atoms with Crippen molar-refractivity contribution in [1.29, 1.82) is 0 Å². The molecule has 8 heteroatoms. The number of amides is 1. The molecule has 7 nitrogen and oxygen atoms in total. The normalized spacial score (nSPS) is 11.6. The number of benzene rings is 2. The summed E-state index contributed by atoms with van der Waals surface area (Å²) >= 11 is 6.25. The van der Waals surface area contributed by atoms with Crippen LogP contribution in [0.1, 0.15) is 27.8 Å². The minimum absolute atomic E-state index is 0.287. The zero-order valence-corrected chi connectivity index (χ0v) is 17.4. The Kier molecular flexibility index (Phi) is 6.29. The number of imidazole rings is 1. The van der Waals surface area contributed by atoms with Gasteiger partial charge in [0.15, 0.2) is 11.5 Å². The van der Waals surface area contributed by atoms with Gasteiger partial charge in [0.2, 0.25) is 0 Å². The number of ether oxygens (including phenoxy) is 3. The highest BCUT2D eigenvalue weighted by molar-refractivity contribution is 6.32. The Morgan fingerprint density at radius 2 is 1.83 bits per heavy atom. The second-order valence-electron chi connectivity index (χ2n) is 6.27. The van der Waals surface area contributed by atoms with Gasteiger partial charge in [-0.05, 0) is 29.8 Å². The van der Waals surface area contributed by atoms with E-state index >= 15 is 0 Å². The fourth-order valence-electron chi connectivity index (χ4n) is 3.01. The van der Waals surface area contributed by atoms with Crippen LogP contribution in [0.2, 0.25) is 5.02 Å². The van der Waals surface area contributed by atoms with Crippen molar-refractivity contribution >= 4 is 17.5 Å². The van der Waals surface area contributed by atoms with Crippen molar-refractivity contribution in [2.24, 2.45) is 7.05 Å². The fourth-order valence-corrected chi connectivity index (χ4v) is 3.30. The Labute approximate surface area is 174 Å². The second kappa shape index (κ2) is 8.87. The van der Waals surface area contributed by atoms with Crippen LogP contribution in [-0.4, -0.2) is 36.8 Å². The van der Waals surface area contributed by atoms with Crippen molar-refractivity contribution in [1.82, 2.24) is 14.9 Å². The van der Waals surface area contributed by atoms with Crippen LogP contribution >= 0.6 is 11.6 Å². The van der Waals surface area contributed by atoms with Crippen LogP contribution in [0.5, 0.6) is 17.2 Å². The lowest BCUT2D eigenvalue weighted by molar-refractivity contribution is 0.0940. The van der Waals surface area contributed by atoms with Crippen LogP contribution < -0.4 is 19.5 Å². The average molecular weight is 416 g/mol. The van der Waals surface area contributed by atoms with E-state index < -0.39 is 6.04 Å². The van der Waals surface area contributed by atoms with Gasteiger partial charge in [-0.2, -0.15) is 0 Å². The van der Waals surface area contributed by atoms with Gasteiger partial charge in [0.1, 0.15) is 17.6 Å². The number of carbonyl (C=O) groups is 1. The molecule has 2 aromatic carbocycles. The first kappa shape index (κ1) is 20.5. The molecule has 29 heavy (non-hydrogen) atoms. The summed E-state index contributed by atoms with van der Waals surface area (Å²) in [6.45, 7) is 0. The Morgan fingerprint density at radius 3 is 2.38 bits per heavy atom. The van der Waals surface area contributed by atoms with Crippen LogP contribution in [0.15, 0.2) is 48.8 Å². The third-order valence-corrected chi connectivity index (χ3v) is 4.82. The minimum Gasteiger partial charge on any atom is -0.497 e.